The lowest BCUT2D eigenvalue weighted by atomic mass is 9.96. The number of nitrogens with two attached hydrogens (primary N) is 1. The van der Waals surface area contributed by atoms with E-state index in [-0.39, 0.29) is 17.9 Å². The number of anilines is 1. The van der Waals surface area contributed by atoms with Gasteiger partial charge in [-0.15, -0.1) is 0 Å². The second-order valence-electron chi connectivity index (χ2n) is 7.45. The molecule has 28 heavy (non-hydrogen) atoms. The predicted molar refractivity (Wildman–Crippen MR) is 112 cm³/mol. The van der Waals surface area contributed by atoms with Crippen LogP contribution in [0, 0.1) is 12.8 Å². The number of primary amides is 1. The smallest absolute Gasteiger partial charge is 0.319 e. The molecule has 4 N–H and O–H groups in total. The number of unbranched alkanes of at least 4 members (excludes halogenated alkanes) is 1. The summed E-state index contributed by atoms with van der Waals surface area (Å²) in [5.74, 6) is 0.567. The zero-order valence-corrected chi connectivity index (χ0v) is 17.1. The lowest BCUT2D eigenvalue weighted by Crippen LogP contribution is -2.39. The number of likely N-dealkylation sites (tertiary alicyclic amines) is 1. The van der Waals surface area contributed by atoms with Crippen LogP contribution in [0.25, 0.3) is 0 Å². The summed E-state index contributed by atoms with van der Waals surface area (Å²) >= 11 is 0. The van der Waals surface area contributed by atoms with E-state index in [1.807, 2.05) is 25.1 Å². The van der Waals surface area contributed by atoms with Crippen LogP contribution in [0.2, 0.25) is 0 Å². The molecule has 0 saturated carbocycles. The van der Waals surface area contributed by atoms with E-state index in [4.69, 9.17) is 10.5 Å². The van der Waals surface area contributed by atoms with Crippen LogP contribution in [0.15, 0.2) is 18.2 Å². The van der Waals surface area contributed by atoms with Crippen molar-refractivity contribution in [2.45, 2.75) is 46.0 Å². The molecule has 156 valence electrons. The fourth-order valence-electron chi connectivity index (χ4n) is 3.33. The number of carbonyl (C=O) groups excluding carboxylic acids is 2. The molecule has 1 aliphatic rings. The average Bonchev–Trinajstić information content (AvgIpc) is 2.68. The molecule has 0 radical (unpaired) electrons. The standard InChI is InChI=1S/C21H34N4O3/c1-3-14-28-19-15-16(2)6-7-18(19)24-21(27)23-10-4-5-11-25-12-8-17(9-13-25)20(22)26/h6-7,15,17H,3-5,8-14H2,1-2H3,(H2,22,26)(H2,23,24,27). The van der Waals surface area contributed by atoms with Crippen molar-refractivity contribution in [3.63, 3.8) is 0 Å². The number of piperidine rings is 1. The van der Waals surface area contributed by atoms with Gasteiger partial charge in [-0.25, -0.2) is 4.79 Å². The van der Waals surface area contributed by atoms with E-state index in [9.17, 15) is 9.59 Å². The van der Waals surface area contributed by atoms with Crippen molar-refractivity contribution in [3.05, 3.63) is 23.8 Å². The lowest BCUT2D eigenvalue weighted by Gasteiger charge is -2.30. The Balaban J connectivity index is 1.64. The molecular formula is C21H34N4O3. The molecule has 0 spiro atoms. The van der Waals surface area contributed by atoms with E-state index < -0.39 is 0 Å². The minimum Gasteiger partial charge on any atom is -0.491 e. The highest BCUT2D eigenvalue weighted by molar-refractivity contribution is 5.90. The zero-order valence-electron chi connectivity index (χ0n) is 17.1. The summed E-state index contributed by atoms with van der Waals surface area (Å²) in [5, 5.41) is 5.78. The summed E-state index contributed by atoms with van der Waals surface area (Å²) in [6, 6.07) is 5.55. The fourth-order valence-corrected chi connectivity index (χ4v) is 3.33. The van der Waals surface area contributed by atoms with Crippen LogP contribution in [0.3, 0.4) is 0 Å². The average molecular weight is 391 g/mol. The van der Waals surface area contributed by atoms with Crippen LogP contribution >= 0.6 is 0 Å². The van der Waals surface area contributed by atoms with E-state index in [1.165, 1.54) is 0 Å². The first kappa shape index (κ1) is 22.0. The molecule has 2 rings (SSSR count). The largest absolute Gasteiger partial charge is 0.491 e. The third-order valence-electron chi connectivity index (χ3n) is 5.02. The molecule has 1 aromatic carbocycles. The number of amides is 3. The first-order valence-electron chi connectivity index (χ1n) is 10.3. The molecule has 0 aliphatic carbocycles. The molecule has 7 heteroatoms. The second kappa shape index (κ2) is 11.5. The van der Waals surface area contributed by atoms with Crippen molar-refractivity contribution >= 4 is 17.6 Å². The first-order chi connectivity index (χ1) is 13.5. The van der Waals surface area contributed by atoms with E-state index in [1.54, 1.807) is 0 Å². The molecule has 0 atom stereocenters. The maximum atomic E-state index is 12.2. The third kappa shape index (κ3) is 7.38. The van der Waals surface area contributed by atoms with E-state index >= 15 is 0 Å². The van der Waals surface area contributed by atoms with E-state index in [0.29, 0.717) is 24.6 Å². The molecule has 0 bridgehead atoms. The minimum atomic E-state index is -0.215. The number of hydrogen-bond donors (Lipinski definition) is 3. The molecule has 1 heterocycles. The van der Waals surface area contributed by atoms with Gasteiger partial charge in [-0.3, -0.25) is 4.79 Å². The van der Waals surface area contributed by atoms with Gasteiger partial charge in [0.2, 0.25) is 5.91 Å². The Kier molecular flexibility index (Phi) is 9.07. The van der Waals surface area contributed by atoms with Gasteiger partial charge >= 0.3 is 6.03 Å². The molecule has 1 aliphatic heterocycles. The minimum absolute atomic E-state index is 0.0367. The van der Waals surface area contributed by atoms with Crippen molar-refractivity contribution in [1.29, 1.82) is 0 Å². The van der Waals surface area contributed by atoms with Gasteiger partial charge in [-0.2, -0.15) is 0 Å². The van der Waals surface area contributed by atoms with Crippen LogP contribution in [-0.2, 0) is 4.79 Å². The van der Waals surface area contributed by atoms with Crippen LogP contribution in [0.4, 0.5) is 10.5 Å². The normalized spacial score (nSPS) is 15.2. The fraction of sp³-hybridized carbons (Fsp3) is 0.619. The maximum absolute atomic E-state index is 12.2. The second-order valence-corrected chi connectivity index (χ2v) is 7.45. The number of ether oxygens (including phenoxy) is 1. The zero-order chi connectivity index (χ0) is 20.4. The Morgan fingerprint density at radius 3 is 2.68 bits per heavy atom. The molecule has 1 aromatic rings. The van der Waals surface area contributed by atoms with Crippen molar-refractivity contribution in [3.8, 4) is 5.75 Å². The van der Waals surface area contributed by atoms with E-state index in [2.05, 4.69) is 22.5 Å². The van der Waals surface area contributed by atoms with Gasteiger partial charge in [0.25, 0.3) is 0 Å². The molecule has 3 amide bonds. The number of nitrogens with zero attached hydrogens (tertiary/aromatic N) is 1. The van der Waals surface area contributed by atoms with Gasteiger partial charge in [0, 0.05) is 12.5 Å². The molecule has 7 nitrogen and oxygen atoms in total. The summed E-state index contributed by atoms with van der Waals surface area (Å²) in [4.78, 5) is 25.7. The summed E-state index contributed by atoms with van der Waals surface area (Å²) in [6.45, 7) is 8.14. The highest BCUT2D eigenvalue weighted by atomic mass is 16.5. The van der Waals surface area contributed by atoms with E-state index in [0.717, 1.165) is 57.3 Å². The highest BCUT2D eigenvalue weighted by Crippen LogP contribution is 2.25. The summed E-state index contributed by atoms with van der Waals surface area (Å²) < 4.78 is 5.72. The van der Waals surface area contributed by atoms with Crippen molar-refractivity contribution in [1.82, 2.24) is 10.2 Å². The van der Waals surface area contributed by atoms with Gasteiger partial charge < -0.3 is 26.0 Å². The number of hydrogen-bond acceptors (Lipinski definition) is 4. The van der Waals surface area contributed by atoms with Gasteiger partial charge in [0.15, 0.2) is 0 Å². The Bertz CT molecular complexity index is 643. The molecule has 0 unspecified atom stereocenters. The number of urea groups is 1. The molecule has 1 saturated heterocycles. The van der Waals surface area contributed by atoms with Gasteiger partial charge in [0.1, 0.15) is 5.75 Å². The van der Waals surface area contributed by atoms with Gasteiger partial charge in [-0.05, 0) is 76.4 Å². The van der Waals surface area contributed by atoms with Crippen LogP contribution < -0.4 is 21.1 Å². The summed E-state index contributed by atoms with van der Waals surface area (Å²) in [7, 11) is 0. The monoisotopic (exact) mass is 390 g/mol. The number of rotatable bonds is 10. The lowest BCUT2D eigenvalue weighted by molar-refractivity contribution is -0.123. The SMILES string of the molecule is CCCOc1cc(C)ccc1NC(=O)NCCCCN1CCC(C(N)=O)CC1. The molecule has 1 fully saturated rings. The molecular weight excluding hydrogens is 356 g/mol. The number of nitrogens with one attached hydrogen (secondary N) is 2. The van der Waals surface area contributed by atoms with Crippen LogP contribution in [0.5, 0.6) is 5.75 Å². The Labute approximate surface area is 168 Å². The quantitative estimate of drug-likeness (QED) is 0.535. The summed E-state index contributed by atoms with van der Waals surface area (Å²) in [5.41, 5.74) is 7.15. The molecule has 0 aromatic heterocycles. The van der Waals surface area contributed by atoms with Crippen molar-refractivity contribution in [2.75, 3.05) is 38.1 Å². The summed E-state index contributed by atoms with van der Waals surface area (Å²) in [6.07, 6.45) is 4.55. The maximum Gasteiger partial charge on any atom is 0.319 e. The van der Waals surface area contributed by atoms with Crippen LogP contribution in [0.1, 0.15) is 44.6 Å². The predicted octanol–water partition coefficient (Wildman–Crippen LogP) is 2.88. The van der Waals surface area contributed by atoms with Crippen LogP contribution in [-0.4, -0.2) is 49.6 Å². The van der Waals surface area contributed by atoms with Crippen molar-refractivity contribution in [2.24, 2.45) is 11.7 Å². The van der Waals surface area contributed by atoms with Crippen molar-refractivity contribution < 1.29 is 14.3 Å². The third-order valence-corrected chi connectivity index (χ3v) is 5.02. The number of aryl methyl sites for hydroxylation is 1. The number of carbonyl (C=O) groups is 2. The van der Waals surface area contributed by atoms with Gasteiger partial charge in [-0.1, -0.05) is 13.0 Å². The Morgan fingerprint density at radius 1 is 1.25 bits per heavy atom. The first-order valence-corrected chi connectivity index (χ1v) is 10.3. The Hall–Kier alpha value is -2.28. The highest BCUT2D eigenvalue weighted by Gasteiger charge is 2.22. The van der Waals surface area contributed by atoms with Gasteiger partial charge in [0.05, 0.1) is 12.3 Å². The number of benzene rings is 1. The Morgan fingerprint density at radius 2 is 2.00 bits per heavy atom. The topological polar surface area (TPSA) is 96.7 Å².